The third-order valence-electron chi connectivity index (χ3n) is 4.67. The number of likely N-dealkylation sites (tertiary alicyclic amines) is 1. The lowest BCUT2D eigenvalue weighted by molar-refractivity contribution is -0.132. The lowest BCUT2D eigenvalue weighted by Crippen LogP contribution is -2.45. The largest absolute Gasteiger partial charge is 0.341 e. The summed E-state index contributed by atoms with van der Waals surface area (Å²) in [7, 11) is 0. The Morgan fingerprint density at radius 2 is 1.96 bits per heavy atom. The number of nitrogens with one attached hydrogen (secondary N) is 1. The molecule has 1 saturated heterocycles. The molecule has 2 aliphatic rings. The van der Waals surface area contributed by atoms with E-state index in [0.29, 0.717) is 12.5 Å². The van der Waals surface area contributed by atoms with Crippen LogP contribution in [0.3, 0.4) is 0 Å². The first-order valence-electron chi connectivity index (χ1n) is 8.48. The summed E-state index contributed by atoms with van der Waals surface area (Å²) in [6, 6.07) is 0. The van der Waals surface area contributed by atoms with E-state index < -0.39 is 0 Å². The molecule has 24 heavy (non-hydrogen) atoms. The predicted octanol–water partition coefficient (Wildman–Crippen LogP) is 1.98. The molecule has 1 unspecified atom stereocenters. The van der Waals surface area contributed by atoms with E-state index in [4.69, 9.17) is 0 Å². The molecule has 1 aliphatic heterocycles. The van der Waals surface area contributed by atoms with Crippen molar-refractivity contribution in [1.82, 2.24) is 25.0 Å². The minimum absolute atomic E-state index is 0. The van der Waals surface area contributed by atoms with Crippen molar-refractivity contribution in [1.29, 1.82) is 0 Å². The maximum Gasteiger partial charge on any atom is 0.236 e. The molecule has 0 aromatic carbocycles. The Bertz CT molecular complexity index is 533. The Hall–Kier alpha value is -0.850. The van der Waals surface area contributed by atoms with Crippen molar-refractivity contribution in [2.24, 2.45) is 11.8 Å². The highest BCUT2D eigenvalue weighted by Crippen LogP contribution is 2.27. The third-order valence-corrected chi connectivity index (χ3v) is 4.67. The summed E-state index contributed by atoms with van der Waals surface area (Å²) in [6.45, 7) is 8.02. The van der Waals surface area contributed by atoms with Crippen LogP contribution in [0.2, 0.25) is 0 Å². The smallest absolute Gasteiger partial charge is 0.236 e. The molecule has 0 radical (unpaired) electrons. The van der Waals surface area contributed by atoms with E-state index in [-0.39, 0.29) is 30.7 Å². The van der Waals surface area contributed by atoms with Crippen LogP contribution in [-0.2, 0) is 11.3 Å². The average Bonchev–Trinajstić information content (AvgIpc) is 3.25. The number of carbonyl (C=O) groups is 1. The SMILES string of the molecule is Cc1nc(C)n(CC2CCCN(C(=O)CNCC3CC3)C2)n1.Cl.Cl. The summed E-state index contributed by atoms with van der Waals surface area (Å²) in [5.41, 5.74) is 0. The quantitative estimate of drug-likeness (QED) is 0.822. The van der Waals surface area contributed by atoms with Crippen molar-refractivity contribution in [3.05, 3.63) is 11.6 Å². The lowest BCUT2D eigenvalue weighted by atomic mass is 9.98. The van der Waals surface area contributed by atoms with Gasteiger partial charge in [0, 0.05) is 19.6 Å². The van der Waals surface area contributed by atoms with Crippen LogP contribution in [0.15, 0.2) is 0 Å². The number of piperidine rings is 1. The van der Waals surface area contributed by atoms with Crippen molar-refractivity contribution >= 4 is 30.7 Å². The second-order valence-corrected chi connectivity index (χ2v) is 6.81. The average molecular weight is 378 g/mol. The van der Waals surface area contributed by atoms with Gasteiger partial charge in [-0.15, -0.1) is 24.8 Å². The van der Waals surface area contributed by atoms with Gasteiger partial charge in [-0.05, 0) is 57.9 Å². The van der Waals surface area contributed by atoms with E-state index in [1.165, 1.54) is 12.8 Å². The van der Waals surface area contributed by atoms with Crippen LogP contribution < -0.4 is 5.32 Å². The molecule has 1 aromatic rings. The van der Waals surface area contributed by atoms with E-state index in [1.54, 1.807) is 0 Å². The summed E-state index contributed by atoms with van der Waals surface area (Å²) in [5.74, 6) is 3.34. The zero-order valence-corrected chi connectivity index (χ0v) is 16.2. The van der Waals surface area contributed by atoms with Gasteiger partial charge >= 0.3 is 0 Å². The van der Waals surface area contributed by atoms with Crippen LogP contribution in [0, 0.1) is 25.7 Å². The molecule has 1 aromatic heterocycles. The van der Waals surface area contributed by atoms with Crippen LogP contribution in [-0.4, -0.2) is 51.8 Å². The van der Waals surface area contributed by atoms with Gasteiger partial charge in [-0.3, -0.25) is 4.79 Å². The highest BCUT2D eigenvalue weighted by atomic mass is 35.5. The van der Waals surface area contributed by atoms with Gasteiger partial charge in [0.1, 0.15) is 11.6 Å². The fourth-order valence-electron chi connectivity index (χ4n) is 3.24. The van der Waals surface area contributed by atoms with Gasteiger partial charge in [-0.2, -0.15) is 5.10 Å². The molecule has 1 aliphatic carbocycles. The van der Waals surface area contributed by atoms with Crippen molar-refractivity contribution in [2.45, 2.75) is 46.1 Å². The van der Waals surface area contributed by atoms with Gasteiger partial charge in [0.2, 0.25) is 5.91 Å². The molecule has 1 saturated carbocycles. The Kier molecular flexibility index (Phi) is 8.46. The molecule has 138 valence electrons. The fourth-order valence-corrected chi connectivity index (χ4v) is 3.24. The molecule has 1 N–H and O–H groups in total. The Morgan fingerprint density at radius 1 is 1.21 bits per heavy atom. The normalized spacial score (nSPS) is 20.2. The monoisotopic (exact) mass is 377 g/mol. The highest BCUT2D eigenvalue weighted by molar-refractivity contribution is 5.85. The fraction of sp³-hybridized carbons (Fsp3) is 0.812. The van der Waals surface area contributed by atoms with Crippen molar-refractivity contribution in [3.63, 3.8) is 0 Å². The van der Waals surface area contributed by atoms with Crippen LogP contribution in [0.4, 0.5) is 0 Å². The van der Waals surface area contributed by atoms with Gasteiger partial charge < -0.3 is 10.2 Å². The summed E-state index contributed by atoms with van der Waals surface area (Å²) < 4.78 is 1.99. The number of halogens is 2. The molecular weight excluding hydrogens is 349 g/mol. The molecule has 2 fully saturated rings. The number of aromatic nitrogens is 3. The zero-order valence-electron chi connectivity index (χ0n) is 14.5. The van der Waals surface area contributed by atoms with E-state index in [1.807, 2.05) is 23.4 Å². The van der Waals surface area contributed by atoms with Gasteiger partial charge in [0.05, 0.1) is 6.54 Å². The van der Waals surface area contributed by atoms with Crippen LogP contribution >= 0.6 is 24.8 Å². The summed E-state index contributed by atoms with van der Waals surface area (Å²) in [5, 5.41) is 7.74. The first kappa shape index (κ1) is 21.2. The lowest BCUT2D eigenvalue weighted by Gasteiger charge is -2.33. The number of hydrogen-bond donors (Lipinski definition) is 1. The molecular formula is C16H29Cl2N5O. The summed E-state index contributed by atoms with van der Waals surface area (Å²) in [6.07, 6.45) is 4.90. The third kappa shape index (κ3) is 5.90. The topological polar surface area (TPSA) is 63.1 Å². The second kappa shape index (κ2) is 9.59. The minimum Gasteiger partial charge on any atom is -0.341 e. The molecule has 6 nitrogen and oxygen atoms in total. The number of amides is 1. The van der Waals surface area contributed by atoms with E-state index in [2.05, 4.69) is 15.4 Å². The van der Waals surface area contributed by atoms with Crippen molar-refractivity contribution in [2.75, 3.05) is 26.2 Å². The molecule has 1 atom stereocenters. The first-order chi connectivity index (χ1) is 10.6. The number of hydrogen-bond acceptors (Lipinski definition) is 4. The molecule has 2 heterocycles. The number of aryl methyl sites for hydroxylation is 2. The van der Waals surface area contributed by atoms with Gasteiger partial charge in [-0.25, -0.2) is 9.67 Å². The van der Waals surface area contributed by atoms with E-state index in [9.17, 15) is 4.79 Å². The van der Waals surface area contributed by atoms with Gasteiger partial charge in [-0.1, -0.05) is 0 Å². The van der Waals surface area contributed by atoms with Crippen LogP contribution in [0.1, 0.15) is 37.3 Å². The molecule has 1 amide bonds. The molecule has 0 bridgehead atoms. The maximum absolute atomic E-state index is 12.3. The first-order valence-corrected chi connectivity index (χ1v) is 8.48. The van der Waals surface area contributed by atoms with Crippen LogP contribution in [0.25, 0.3) is 0 Å². The minimum atomic E-state index is 0. The standard InChI is InChI=1S/C16H27N5O.2ClH/c1-12-18-13(2)21(19-12)11-15-4-3-7-20(10-15)16(22)9-17-8-14-5-6-14;;/h14-15,17H,3-11H2,1-2H3;2*1H. The van der Waals surface area contributed by atoms with E-state index in [0.717, 1.165) is 56.6 Å². The van der Waals surface area contributed by atoms with Crippen molar-refractivity contribution < 1.29 is 4.79 Å². The maximum atomic E-state index is 12.3. The Morgan fingerprint density at radius 3 is 2.58 bits per heavy atom. The molecule has 3 rings (SSSR count). The van der Waals surface area contributed by atoms with E-state index >= 15 is 0 Å². The van der Waals surface area contributed by atoms with Crippen molar-refractivity contribution in [3.8, 4) is 0 Å². The van der Waals surface area contributed by atoms with Gasteiger partial charge in [0.15, 0.2) is 0 Å². The Labute approximate surface area is 156 Å². The highest BCUT2D eigenvalue weighted by Gasteiger charge is 2.25. The molecule has 0 spiro atoms. The zero-order chi connectivity index (χ0) is 15.5. The van der Waals surface area contributed by atoms with Crippen LogP contribution in [0.5, 0.6) is 0 Å². The Balaban J connectivity index is 0.00000144. The summed E-state index contributed by atoms with van der Waals surface area (Å²) >= 11 is 0. The predicted molar refractivity (Wildman–Crippen MR) is 98.9 cm³/mol. The summed E-state index contributed by atoms with van der Waals surface area (Å²) in [4.78, 5) is 18.7. The van der Waals surface area contributed by atoms with Gasteiger partial charge in [0.25, 0.3) is 0 Å². The molecule has 8 heteroatoms. The number of carbonyl (C=O) groups excluding carboxylic acids is 1. The number of rotatable bonds is 6. The second-order valence-electron chi connectivity index (χ2n) is 6.81. The number of nitrogens with zero attached hydrogens (tertiary/aromatic N) is 4.